The van der Waals surface area contributed by atoms with Crippen LogP contribution in [0.15, 0.2) is 18.2 Å². The Labute approximate surface area is 115 Å². The van der Waals surface area contributed by atoms with Crippen LogP contribution in [0.1, 0.15) is 32.3 Å². The lowest BCUT2D eigenvalue weighted by molar-refractivity contribution is 0.409. The smallest absolute Gasteiger partial charge is 0.142 e. The molecular formula is C16H22N2O. The van der Waals surface area contributed by atoms with Gasteiger partial charge in [0.2, 0.25) is 0 Å². The van der Waals surface area contributed by atoms with E-state index in [4.69, 9.17) is 10.00 Å². The number of rotatable bonds is 3. The number of ether oxygens (including phenoxy) is 1. The van der Waals surface area contributed by atoms with Crippen molar-refractivity contribution in [3.63, 3.8) is 0 Å². The molecule has 1 heterocycles. The molecule has 0 amide bonds. The van der Waals surface area contributed by atoms with Crippen LogP contribution in [0.25, 0.3) is 0 Å². The van der Waals surface area contributed by atoms with Crippen LogP contribution in [0.2, 0.25) is 0 Å². The maximum atomic E-state index is 8.91. The number of nitrogens with zero attached hydrogens (tertiary/aromatic N) is 2. The van der Waals surface area contributed by atoms with Gasteiger partial charge in [-0.2, -0.15) is 5.26 Å². The molecule has 0 spiro atoms. The summed E-state index contributed by atoms with van der Waals surface area (Å²) in [5, 5.41) is 8.91. The van der Waals surface area contributed by atoms with Gasteiger partial charge in [0, 0.05) is 18.5 Å². The predicted octanol–water partition coefficient (Wildman–Crippen LogP) is 3.52. The third-order valence-electron chi connectivity index (χ3n) is 3.96. The van der Waals surface area contributed by atoms with Crippen molar-refractivity contribution in [3.8, 4) is 11.8 Å². The highest BCUT2D eigenvalue weighted by Gasteiger charge is 2.39. The minimum atomic E-state index is 0.0720. The average molecular weight is 258 g/mol. The number of benzene rings is 1. The third kappa shape index (κ3) is 2.68. The highest BCUT2D eigenvalue weighted by Crippen LogP contribution is 2.42. The van der Waals surface area contributed by atoms with Crippen LogP contribution < -0.4 is 9.64 Å². The molecule has 0 aliphatic carbocycles. The van der Waals surface area contributed by atoms with Crippen molar-refractivity contribution >= 4 is 5.69 Å². The minimum absolute atomic E-state index is 0.0720. The standard InChI is InChI=1S/C16H22N2O/c1-12-5-6-15(19-4)14(9-12)18-11-13(7-8-17)10-16(18,2)3/h5-6,9,13H,7,10-11H2,1-4H3. The van der Waals surface area contributed by atoms with Gasteiger partial charge in [-0.1, -0.05) is 6.07 Å². The number of methoxy groups -OCH3 is 1. The summed E-state index contributed by atoms with van der Waals surface area (Å²) in [6.07, 6.45) is 1.69. The molecule has 0 bridgehead atoms. The van der Waals surface area contributed by atoms with Gasteiger partial charge in [-0.15, -0.1) is 0 Å². The predicted molar refractivity (Wildman–Crippen MR) is 77.5 cm³/mol. The normalized spacial score (nSPS) is 21.2. The van der Waals surface area contributed by atoms with E-state index in [1.807, 2.05) is 6.07 Å². The van der Waals surface area contributed by atoms with E-state index in [1.54, 1.807) is 7.11 Å². The molecule has 1 aromatic rings. The molecule has 1 unspecified atom stereocenters. The molecular weight excluding hydrogens is 236 g/mol. The van der Waals surface area contributed by atoms with Crippen molar-refractivity contribution in [2.24, 2.45) is 5.92 Å². The monoisotopic (exact) mass is 258 g/mol. The van der Waals surface area contributed by atoms with E-state index in [9.17, 15) is 0 Å². The van der Waals surface area contributed by atoms with Gasteiger partial charge in [0.1, 0.15) is 5.75 Å². The first-order chi connectivity index (χ1) is 8.97. The number of nitriles is 1. The summed E-state index contributed by atoms with van der Waals surface area (Å²) in [4.78, 5) is 2.39. The Bertz CT molecular complexity index is 502. The molecule has 1 aliphatic rings. The second kappa shape index (κ2) is 5.13. The van der Waals surface area contributed by atoms with Crippen LogP contribution >= 0.6 is 0 Å². The van der Waals surface area contributed by atoms with Crippen LogP contribution in [0.4, 0.5) is 5.69 Å². The zero-order valence-corrected chi connectivity index (χ0v) is 12.2. The van der Waals surface area contributed by atoms with E-state index >= 15 is 0 Å². The average Bonchev–Trinajstić information content (AvgIpc) is 2.64. The van der Waals surface area contributed by atoms with Crippen molar-refractivity contribution in [2.45, 2.75) is 39.2 Å². The zero-order chi connectivity index (χ0) is 14.0. The number of aryl methyl sites for hydroxylation is 1. The highest BCUT2D eigenvalue weighted by molar-refractivity contribution is 5.62. The lowest BCUT2D eigenvalue weighted by atomic mass is 9.94. The summed E-state index contributed by atoms with van der Waals surface area (Å²) in [5.41, 5.74) is 2.45. The molecule has 2 rings (SSSR count). The first kappa shape index (κ1) is 13.7. The lowest BCUT2D eigenvalue weighted by Crippen LogP contribution is -2.38. The van der Waals surface area contributed by atoms with E-state index in [0.717, 1.165) is 24.4 Å². The summed E-state index contributed by atoms with van der Waals surface area (Å²) < 4.78 is 5.49. The van der Waals surface area contributed by atoms with Crippen LogP contribution in [0, 0.1) is 24.2 Å². The van der Waals surface area contributed by atoms with Crippen molar-refractivity contribution in [2.75, 3.05) is 18.6 Å². The van der Waals surface area contributed by atoms with Gasteiger partial charge in [0.25, 0.3) is 0 Å². The molecule has 1 saturated heterocycles. The van der Waals surface area contributed by atoms with Crippen molar-refractivity contribution in [3.05, 3.63) is 23.8 Å². The SMILES string of the molecule is COc1ccc(C)cc1N1CC(CC#N)CC1(C)C. The van der Waals surface area contributed by atoms with E-state index < -0.39 is 0 Å². The molecule has 0 radical (unpaired) electrons. The summed E-state index contributed by atoms with van der Waals surface area (Å²) in [5.74, 6) is 1.36. The topological polar surface area (TPSA) is 36.3 Å². The van der Waals surface area contributed by atoms with Crippen LogP contribution in [-0.4, -0.2) is 19.2 Å². The molecule has 3 heteroatoms. The fraction of sp³-hybridized carbons (Fsp3) is 0.562. The van der Waals surface area contributed by atoms with Crippen LogP contribution in [0.5, 0.6) is 5.75 Å². The fourth-order valence-electron chi connectivity index (χ4n) is 3.09. The molecule has 1 aromatic carbocycles. The van der Waals surface area contributed by atoms with E-state index in [-0.39, 0.29) is 5.54 Å². The Morgan fingerprint density at radius 3 is 2.84 bits per heavy atom. The molecule has 1 fully saturated rings. The second-order valence-corrected chi connectivity index (χ2v) is 6.03. The van der Waals surface area contributed by atoms with Gasteiger partial charge in [-0.05, 0) is 50.8 Å². The summed E-state index contributed by atoms with van der Waals surface area (Å²) >= 11 is 0. The summed E-state index contributed by atoms with van der Waals surface area (Å²) in [6.45, 7) is 7.51. The first-order valence-electron chi connectivity index (χ1n) is 6.77. The van der Waals surface area contributed by atoms with Gasteiger partial charge in [-0.25, -0.2) is 0 Å². The largest absolute Gasteiger partial charge is 0.495 e. The van der Waals surface area contributed by atoms with Crippen molar-refractivity contribution < 1.29 is 4.74 Å². The molecule has 3 nitrogen and oxygen atoms in total. The Morgan fingerprint density at radius 2 is 2.21 bits per heavy atom. The quantitative estimate of drug-likeness (QED) is 0.832. The Hall–Kier alpha value is -1.69. The van der Waals surface area contributed by atoms with E-state index in [2.05, 4.69) is 43.9 Å². The highest BCUT2D eigenvalue weighted by atomic mass is 16.5. The van der Waals surface area contributed by atoms with E-state index in [1.165, 1.54) is 5.56 Å². The Kier molecular flexibility index (Phi) is 3.71. The van der Waals surface area contributed by atoms with Gasteiger partial charge in [-0.3, -0.25) is 0 Å². The Balaban J connectivity index is 2.36. The van der Waals surface area contributed by atoms with Gasteiger partial charge in [0.05, 0.1) is 18.9 Å². The second-order valence-electron chi connectivity index (χ2n) is 6.03. The Morgan fingerprint density at radius 1 is 1.47 bits per heavy atom. The number of anilines is 1. The third-order valence-corrected chi connectivity index (χ3v) is 3.96. The van der Waals surface area contributed by atoms with Gasteiger partial charge in [0.15, 0.2) is 0 Å². The van der Waals surface area contributed by atoms with E-state index in [0.29, 0.717) is 12.3 Å². The zero-order valence-electron chi connectivity index (χ0n) is 12.2. The molecule has 102 valence electrons. The number of hydrogen-bond donors (Lipinski definition) is 0. The molecule has 1 aliphatic heterocycles. The van der Waals surface area contributed by atoms with Crippen molar-refractivity contribution in [1.82, 2.24) is 0 Å². The molecule has 0 N–H and O–H groups in total. The van der Waals surface area contributed by atoms with Crippen LogP contribution in [-0.2, 0) is 0 Å². The molecule has 1 atom stereocenters. The minimum Gasteiger partial charge on any atom is -0.495 e. The summed E-state index contributed by atoms with van der Waals surface area (Å²) in [7, 11) is 1.71. The van der Waals surface area contributed by atoms with Gasteiger partial charge < -0.3 is 9.64 Å². The maximum Gasteiger partial charge on any atom is 0.142 e. The van der Waals surface area contributed by atoms with Crippen LogP contribution in [0.3, 0.4) is 0 Å². The molecule has 0 saturated carbocycles. The maximum absolute atomic E-state index is 8.91. The summed E-state index contributed by atoms with van der Waals surface area (Å²) in [6, 6.07) is 8.57. The van der Waals surface area contributed by atoms with Crippen molar-refractivity contribution in [1.29, 1.82) is 5.26 Å². The lowest BCUT2D eigenvalue weighted by Gasteiger charge is -2.34. The number of hydrogen-bond acceptors (Lipinski definition) is 3. The van der Waals surface area contributed by atoms with Gasteiger partial charge >= 0.3 is 0 Å². The first-order valence-corrected chi connectivity index (χ1v) is 6.77. The molecule has 19 heavy (non-hydrogen) atoms. The molecule has 0 aromatic heterocycles. The fourth-order valence-corrected chi connectivity index (χ4v) is 3.09.